The first-order valence-corrected chi connectivity index (χ1v) is 9.03. The zero-order chi connectivity index (χ0) is 18.5. The number of hydrogen-bond donors (Lipinski definition) is 1. The SMILES string of the molecule is CCN(C(=O)CC(S)c1cccnc1)c1cn(-c2cccnc2)nc1Cl. The molecule has 134 valence electrons. The number of aromatic nitrogens is 4. The minimum Gasteiger partial charge on any atom is -0.308 e. The Balaban J connectivity index is 1.80. The molecule has 0 bridgehead atoms. The lowest BCUT2D eigenvalue weighted by Gasteiger charge is -2.21. The van der Waals surface area contributed by atoms with Gasteiger partial charge in [0.25, 0.3) is 0 Å². The van der Waals surface area contributed by atoms with Gasteiger partial charge in [0, 0.05) is 36.8 Å². The van der Waals surface area contributed by atoms with Gasteiger partial charge in [0.15, 0.2) is 5.15 Å². The Bertz CT molecular complexity index is 872. The molecule has 0 N–H and O–H groups in total. The van der Waals surface area contributed by atoms with Gasteiger partial charge in [0.1, 0.15) is 5.69 Å². The highest BCUT2D eigenvalue weighted by molar-refractivity contribution is 7.80. The van der Waals surface area contributed by atoms with Crippen LogP contribution >= 0.6 is 24.2 Å². The summed E-state index contributed by atoms with van der Waals surface area (Å²) >= 11 is 10.8. The highest BCUT2D eigenvalue weighted by atomic mass is 35.5. The molecular formula is C18H18ClN5OS. The van der Waals surface area contributed by atoms with Crippen LogP contribution in [0.3, 0.4) is 0 Å². The number of hydrogen-bond acceptors (Lipinski definition) is 5. The highest BCUT2D eigenvalue weighted by Gasteiger charge is 2.22. The number of nitrogens with zero attached hydrogens (tertiary/aromatic N) is 5. The quantitative estimate of drug-likeness (QED) is 0.654. The molecule has 0 saturated heterocycles. The number of carbonyl (C=O) groups is 1. The molecule has 0 spiro atoms. The molecule has 0 aliphatic carbocycles. The van der Waals surface area contributed by atoms with Crippen molar-refractivity contribution in [3.05, 3.63) is 66.0 Å². The first-order valence-electron chi connectivity index (χ1n) is 8.14. The van der Waals surface area contributed by atoms with Gasteiger partial charge in [0.2, 0.25) is 5.91 Å². The van der Waals surface area contributed by atoms with E-state index in [-0.39, 0.29) is 22.7 Å². The smallest absolute Gasteiger partial charge is 0.228 e. The standard InChI is InChI=1S/C18H18ClN5OS/c1-2-23(17(25)9-16(26)13-5-3-7-20-10-13)15-12-24(22-18(15)19)14-6-4-8-21-11-14/h3-8,10-12,16,26H,2,9H2,1H3. The molecule has 0 aliphatic heterocycles. The van der Waals surface area contributed by atoms with Gasteiger partial charge >= 0.3 is 0 Å². The predicted octanol–water partition coefficient (Wildman–Crippen LogP) is 3.73. The maximum atomic E-state index is 12.8. The second-order valence-corrected chi connectivity index (χ2v) is 6.59. The zero-order valence-corrected chi connectivity index (χ0v) is 15.8. The molecule has 1 amide bonds. The van der Waals surface area contributed by atoms with E-state index in [9.17, 15) is 4.79 Å². The summed E-state index contributed by atoms with van der Waals surface area (Å²) in [7, 11) is 0. The van der Waals surface area contributed by atoms with Crippen molar-refractivity contribution < 1.29 is 4.79 Å². The van der Waals surface area contributed by atoms with Crippen LogP contribution in [0.5, 0.6) is 0 Å². The van der Waals surface area contributed by atoms with Gasteiger partial charge in [-0.1, -0.05) is 17.7 Å². The molecule has 6 nitrogen and oxygen atoms in total. The van der Waals surface area contributed by atoms with E-state index in [1.807, 2.05) is 31.2 Å². The van der Waals surface area contributed by atoms with Crippen LogP contribution in [-0.2, 0) is 4.79 Å². The van der Waals surface area contributed by atoms with Crippen LogP contribution in [0.1, 0.15) is 24.2 Å². The number of halogens is 1. The number of carbonyl (C=O) groups excluding carboxylic acids is 1. The van der Waals surface area contributed by atoms with Crippen molar-refractivity contribution in [1.82, 2.24) is 19.7 Å². The molecule has 8 heteroatoms. The molecule has 26 heavy (non-hydrogen) atoms. The van der Waals surface area contributed by atoms with Crippen molar-refractivity contribution in [2.75, 3.05) is 11.4 Å². The van der Waals surface area contributed by atoms with Crippen LogP contribution in [0, 0.1) is 0 Å². The maximum Gasteiger partial charge on any atom is 0.228 e. The average molecular weight is 388 g/mol. The van der Waals surface area contributed by atoms with E-state index >= 15 is 0 Å². The highest BCUT2D eigenvalue weighted by Crippen LogP contribution is 2.29. The number of pyridine rings is 2. The molecule has 0 aliphatic rings. The van der Waals surface area contributed by atoms with Gasteiger partial charge < -0.3 is 4.90 Å². The molecule has 1 atom stereocenters. The van der Waals surface area contributed by atoms with Crippen molar-refractivity contribution in [2.45, 2.75) is 18.6 Å². The lowest BCUT2D eigenvalue weighted by molar-refractivity contribution is -0.118. The van der Waals surface area contributed by atoms with Crippen molar-refractivity contribution in [3.8, 4) is 5.69 Å². The Kier molecular flexibility index (Phi) is 5.90. The fraction of sp³-hybridized carbons (Fsp3) is 0.222. The van der Waals surface area contributed by atoms with Gasteiger partial charge in [-0.05, 0) is 30.7 Å². The second kappa shape index (κ2) is 8.33. The van der Waals surface area contributed by atoms with Crippen LogP contribution < -0.4 is 4.90 Å². The maximum absolute atomic E-state index is 12.8. The van der Waals surface area contributed by atoms with Crippen molar-refractivity contribution in [1.29, 1.82) is 0 Å². The Morgan fingerprint density at radius 3 is 2.62 bits per heavy atom. The van der Waals surface area contributed by atoms with E-state index in [2.05, 4.69) is 27.7 Å². The summed E-state index contributed by atoms with van der Waals surface area (Å²) in [6.07, 6.45) is 8.74. The summed E-state index contributed by atoms with van der Waals surface area (Å²) in [5.74, 6) is -0.0796. The molecule has 3 rings (SSSR count). The largest absolute Gasteiger partial charge is 0.308 e. The van der Waals surface area contributed by atoms with E-state index < -0.39 is 0 Å². The van der Waals surface area contributed by atoms with Crippen molar-refractivity contribution in [3.63, 3.8) is 0 Å². The Hall–Kier alpha value is -2.38. The van der Waals surface area contributed by atoms with Crippen LogP contribution in [0.25, 0.3) is 5.69 Å². The van der Waals surface area contributed by atoms with E-state index in [1.165, 1.54) is 0 Å². The van der Waals surface area contributed by atoms with Crippen molar-refractivity contribution >= 4 is 35.8 Å². The molecule has 1 unspecified atom stereocenters. The number of thiol groups is 1. The van der Waals surface area contributed by atoms with Crippen LogP contribution in [0.4, 0.5) is 5.69 Å². The molecular weight excluding hydrogens is 370 g/mol. The number of rotatable bonds is 6. The van der Waals surface area contributed by atoms with Crippen LogP contribution in [0.15, 0.2) is 55.2 Å². The first-order chi connectivity index (χ1) is 12.6. The molecule has 3 aromatic rings. The monoisotopic (exact) mass is 387 g/mol. The molecule has 3 aromatic heterocycles. The van der Waals surface area contributed by atoms with Gasteiger partial charge in [-0.15, -0.1) is 0 Å². The van der Waals surface area contributed by atoms with Crippen LogP contribution in [-0.4, -0.2) is 32.2 Å². The van der Waals surface area contributed by atoms with E-state index in [1.54, 1.807) is 40.6 Å². The summed E-state index contributed by atoms with van der Waals surface area (Å²) < 4.78 is 1.61. The molecule has 0 aromatic carbocycles. The first kappa shape index (κ1) is 18.4. The fourth-order valence-corrected chi connectivity index (χ4v) is 3.14. The van der Waals surface area contributed by atoms with Gasteiger partial charge in [-0.25, -0.2) is 4.68 Å². The normalized spacial score (nSPS) is 12.0. The topological polar surface area (TPSA) is 63.9 Å². The predicted molar refractivity (Wildman–Crippen MR) is 105 cm³/mol. The lowest BCUT2D eigenvalue weighted by Crippen LogP contribution is -2.31. The number of amides is 1. The fourth-order valence-electron chi connectivity index (χ4n) is 2.59. The molecule has 0 saturated carbocycles. The minimum absolute atomic E-state index is 0.0796. The molecule has 0 radical (unpaired) electrons. The Labute approximate surface area is 162 Å². The number of anilines is 1. The van der Waals surface area contributed by atoms with Gasteiger partial charge in [-0.3, -0.25) is 14.8 Å². The summed E-state index contributed by atoms with van der Waals surface area (Å²) in [5, 5.41) is 4.31. The third-order valence-corrected chi connectivity index (χ3v) is 4.66. The van der Waals surface area contributed by atoms with E-state index in [0.717, 1.165) is 11.3 Å². The summed E-state index contributed by atoms with van der Waals surface area (Å²) in [6.45, 7) is 2.37. The van der Waals surface area contributed by atoms with Gasteiger partial charge in [-0.2, -0.15) is 17.7 Å². The second-order valence-electron chi connectivity index (χ2n) is 5.61. The average Bonchev–Trinajstić information content (AvgIpc) is 3.05. The zero-order valence-electron chi connectivity index (χ0n) is 14.2. The summed E-state index contributed by atoms with van der Waals surface area (Å²) in [6, 6.07) is 7.41. The Morgan fingerprint density at radius 2 is 2.00 bits per heavy atom. The minimum atomic E-state index is -0.239. The summed E-state index contributed by atoms with van der Waals surface area (Å²) in [5.41, 5.74) is 2.23. The Morgan fingerprint density at radius 1 is 1.27 bits per heavy atom. The van der Waals surface area contributed by atoms with Gasteiger partial charge in [0.05, 0.1) is 18.1 Å². The van der Waals surface area contributed by atoms with Crippen molar-refractivity contribution in [2.24, 2.45) is 0 Å². The lowest BCUT2D eigenvalue weighted by atomic mass is 10.1. The molecule has 0 fully saturated rings. The molecule has 3 heterocycles. The van der Waals surface area contributed by atoms with E-state index in [4.69, 9.17) is 11.6 Å². The summed E-state index contributed by atoms with van der Waals surface area (Å²) in [4.78, 5) is 22.6. The third kappa shape index (κ3) is 4.05. The third-order valence-electron chi connectivity index (χ3n) is 3.91. The van der Waals surface area contributed by atoms with Crippen LogP contribution in [0.2, 0.25) is 5.15 Å². The van der Waals surface area contributed by atoms with E-state index in [0.29, 0.717) is 12.2 Å².